The SMILES string of the molecule is CC1CC=CCC1(C)[C@@H](C)OC=O. The Morgan fingerprint density at radius 1 is 1.62 bits per heavy atom. The lowest BCUT2D eigenvalue weighted by molar-refractivity contribution is -0.141. The van der Waals surface area contributed by atoms with E-state index in [0.29, 0.717) is 12.4 Å². The Hall–Kier alpha value is -0.790. The Kier molecular flexibility index (Phi) is 3.12. The number of allylic oxidation sites excluding steroid dienone is 2. The van der Waals surface area contributed by atoms with Crippen molar-refractivity contribution < 1.29 is 9.53 Å². The second-order valence-corrected chi connectivity index (χ2v) is 4.19. The summed E-state index contributed by atoms with van der Waals surface area (Å²) in [7, 11) is 0. The fourth-order valence-electron chi connectivity index (χ4n) is 1.91. The summed E-state index contributed by atoms with van der Waals surface area (Å²) in [5.74, 6) is 0.576. The third-order valence-corrected chi connectivity index (χ3v) is 3.53. The number of hydrogen-bond acceptors (Lipinski definition) is 2. The fourth-order valence-corrected chi connectivity index (χ4v) is 1.91. The zero-order valence-electron chi connectivity index (χ0n) is 8.62. The van der Waals surface area contributed by atoms with Gasteiger partial charge >= 0.3 is 0 Å². The Labute approximate surface area is 80.0 Å². The number of rotatable bonds is 3. The minimum absolute atomic E-state index is 0.00458. The van der Waals surface area contributed by atoms with E-state index in [0.717, 1.165) is 12.8 Å². The number of hydrogen-bond donors (Lipinski definition) is 0. The highest BCUT2D eigenvalue weighted by Crippen LogP contribution is 2.41. The number of carbonyl (C=O) groups is 1. The molecule has 0 N–H and O–H groups in total. The number of ether oxygens (including phenoxy) is 1. The van der Waals surface area contributed by atoms with Crippen LogP contribution >= 0.6 is 0 Å². The summed E-state index contributed by atoms with van der Waals surface area (Å²) in [6.07, 6.45) is 6.49. The van der Waals surface area contributed by atoms with Gasteiger partial charge in [0.05, 0.1) is 0 Å². The second-order valence-electron chi connectivity index (χ2n) is 4.19. The Morgan fingerprint density at radius 2 is 2.31 bits per heavy atom. The molecule has 0 aromatic carbocycles. The van der Waals surface area contributed by atoms with Gasteiger partial charge in [-0.05, 0) is 25.7 Å². The van der Waals surface area contributed by atoms with Gasteiger partial charge in [-0.25, -0.2) is 0 Å². The van der Waals surface area contributed by atoms with Crippen molar-refractivity contribution in [3.63, 3.8) is 0 Å². The van der Waals surface area contributed by atoms with Crippen LogP contribution in [0.25, 0.3) is 0 Å². The lowest BCUT2D eigenvalue weighted by atomic mass is 9.68. The van der Waals surface area contributed by atoms with Crippen LogP contribution in [0.3, 0.4) is 0 Å². The molecule has 0 saturated carbocycles. The Morgan fingerprint density at radius 3 is 2.85 bits per heavy atom. The fraction of sp³-hybridized carbons (Fsp3) is 0.727. The van der Waals surface area contributed by atoms with E-state index >= 15 is 0 Å². The minimum atomic E-state index is 0.00458. The molecule has 0 saturated heterocycles. The quantitative estimate of drug-likeness (QED) is 0.495. The lowest BCUT2D eigenvalue weighted by Gasteiger charge is -2.40. The smallest absolute Gasteiger partial charge is 0.293 e. The van der Waals surface area contributed by atoms with Gasteiger partial charge in [0.25, 0.3) is 6.47 Å². The van der Waals surface area contributed by atoms with Crippen molar-refractivity contribution in [1.82, 2.24) is 0 Å². The van der Waals surface area contributed by atoms with Crippen molar-refractivity contribution in [2.75, 3.05) is 0 Å². The summed E-state index contributed by atoms with van der Waals surface area (Å²) in [5.41, 5.74) is 0.107. The average Bonchev–Trinajstić information content (AvgIpc) is 2.11. The summed E-state index contributed by atoms with van der Waals surface area (Å²) in [5, 5.41) is 0. The molecule has 0 heterocycles. The van der Waals surface area contributed by atoms with E-state index in [-0.39, 0.29) is 11.5 Å². The van der Waals surface area contributed by atoms with Gasteiger partial charge in [-0.3, -0.25) is 4.79 Å². The normalized spacial score (nSPS) is 35.5. The molecule has 1 aliphatic carbocycles. The van der Waals surface area contributed by atoms with Gasteiger partial charge in [0.1, 0.15) is 6.10 Å². The van der Waals surface area contributed by atoms with Gasteiger partial charge in [0.15, 0.2) is 0 Å². The molecule has 2 nitrogen and oxygen atoms in total. The van der Waals surface area contributed by atoms with Gasteiger partial charge in [-0.15, -0.1) is 0 Å². The molecule has 0 aliphatic heterocycles. The summed E-state index contributed by atoms with van der Waals surface area (Å²) in [6, 6.07) is 0. The van der Waals surface area contributed by atoms with Crippen molar-refractivity contribution >= 4 is 6.47 Å². The minimum Gasteiger partial charge on any atom is -0.464 e. The van der Waals surface area contributed by atoms with Gasteiger partial charge in [-0.1, -0.05) is 26.0 Å². The molecule has 0 aromatic heterocycles. The highest BCUT2D eigenvalue weighted by Gasteiger charge is 2.38. The molecule has 0 spiro atoms. The largest absolute Gasteiger partial charge is 0.464 e. The summed E-state index contributed by atoms with van der Waals surface area (Å²) < 4.78 is 5.04. The zero-order chi connectivity index (χ0) is 9.90. The van der Waals surface area contributed by atoms with Crippen molar-refractivity contribution in [1.29, 1.82) is 0 Å². The standard InChI is InChI=1S/C11H18O2/c1-9-6-4-5-7-11(9,3)10(2)13-8-12/h4-5,8-10H,6-7H2,1-3H3/t9?,10-,11?/m1/s1. The molecule has 1 rings (SSSR count). The van der Waals surface area contributed by atoms with E-state index in [1.807, 2.05) is 6.92 Å². The third-order valence-electron chi connectivity index (χ3n) is 3.53. The summed E-state index contributed by atoms with van der Waals surface area (Å²) >= 11 is 0. The van der Waals surface area contributed by atoms with Crippen molar-refractivity contribution in [2.24, 2.45) is 11.3 Å². The monoisotopic (exact) mass is 182 g/mol. The number of carbonyl (C=O) groups excluding carboxylic acids is 1. The predicted molar refractivity (Wildman–Crippen MR) is 52.3 cm³/mol. The summed E-state index contributed by atoms with van der Waals surface area (Å²) in [6.45, 7) is 6.94. The first-order valence-electron chi connectivity index (χ1n) is 4.85. The van der Waals surface area contributed by atoms with Crippen LogP contribution in [0.2, 0.25) is 0 Å². The highest BCUT2D eigenvalue weighted by molar-refractivity contribution is 5.37. The van der Waals surface area contributed by atoms with Crippen LogP contribution in [0.4, 0.5) is 0 Å². The first-order valence-corrected chi connectivity index (χ1v) is 4.85. The molecule has 2 heteroatoms. The van der Waals surface area contributed by atoms with Crippen LogP contribution < -0.4 is 0 Å². The van der Waals surface area contributed by atoms with E-state index in [4.69, 9.17) is 4.74 Å². The Bertz CT molecular complexity index is 210. The van der Waals surface area contributed by atoms with E-state index in [1.54, 1.807) is 0 Å². The molecule has 0 bridgehead atoms. The molecular formula is C11H18O2. The molecule has 0 aromatic rings. The van der Waals surface area contributed by atoms with Crippen molar-refractivity contribution in [2.45, 2.75) is 39.7 Å². The first kappa shape index (κ1) is 10.3. The molecule has 0 radical (unpaired) electrons. The Balaban J connectivity index is 2.72. The average molecular weight is 182 g/mol. The molecule has 3 atom stereocenters. The van der Waals surface area contributed by atoms with Gasteiger partial charge in [0, 0.05) is 5.41 Å². The maximum absolute atomic E-state index is 10.3. The lowest BCUT2D eigenvalue weighted by Crippen LogP contribution is -2.38. The van der Waals surface area contributed by atoms with Crippen LogP contribution in [0.1, 0.15) is 33.6 Å². The second kappa shape index (κ2) is 3.95. The van der Waals surface area contributed by atoms with E-state index in [1.165, 1.54) is 0 Å². The first-order chi connectivity index (χ1) is 6.11. The van der Waals surface area contributed by atoms with Crippen molar-refractivity contribution in [3.05, 3.63) is 12.2 Å². The summed E-state index contributed by atoms with van der Waals surface area (Å²) in [4.78, 5) is 10.3. The predicted octanol–water partition coefficient (Wildman–Crippen LogP) is 2.54. The molecule has 0 fully saturated rings. The van der Waals surface area contributed by atoms with Crippen molar-refractivity contribution in [3.8, 4) is 0 Å². The maximum atomic E-state index is 10.3. The molecule has 13 heavy (non-hydrogen) atoms. The molecule has 1 aliphatic rings. The van der Waals surface area contributed by atoms with E-state index < -0.39 is 0 Å². The van der Waals surface area contributed by atoms with Crippen LogP contribution in [-0.2, 0) is 9.53 Å². The van der Waals surface area contributed by atoms with Gasteiger partial charge in [0.2, 0.25) is 0 Å². The van der Waals surface area contributed by atoms with Gasteiger partial charge in [-0.2, -0.15) is 0 Å². The van der Waals surface area contributed by atoms with E-state index in [9.17, 15) is 4.79 Å². The zero-order valence-corrected chi connectivity index (χ0v) is 8.62. The van der Waals surface area contributed by atoms with Crippen LogP contribution in [0, 0.1) is 11.3 Å². The van der Waals surface area contributed by atoms with Gasteiger partial charge < -0.3 is 4.74 Å². The maximum Gasteiger partial charge on any atom is 0.293 e. The molecular weight excluding hydrogens is 164 g/mol. The molecule has 74 valence electrons. The van der Waals surface area contributed by atoms with Crippen LogP contribution in [-0.4, -0.2) is 12.6 Å². The topological polar surface area (TPSA) is 26.3 Å². The van der Waals surface area contributed by atoms with Crippen LogP contribution in [0.15, 0.2) is 12.2 Å². The molecule has 2 unspecified atom stereocenters. The van der Waals surface area contributed by atoms with E-state index in [2.05, 4.69) is 26.0 Å². The molecule has 0 amide bonds. The third kappa shape index (κ3) is 1.93. The highest BCUT2D eigenvalue weighted by atomic mass is 16.5. The van der Waals surface area contributed by atoms with Crippen LogP contribution in [0.5, 0.6) is 0 Å².